The molecule has 7 rings (SSSR count). The van der Waals surface area contributed by atoms with Gasteiger partial charge in [-0.1, -0.05) is 20.4 Å². The van der Waals surface area contributed by atoms with Crippen LogP contribution in [-0.4, -0.2) is 52.5 Å². The third kappa shape index (κ3) is 1.69. The van der Waals surface area contributed by atoms with E-state index in [-0.39, 0.29) is 29.0 Å². The zero-order valence-electron chi connectivity index (χ0n) is 17.7. The first-order valence-electron chi connectivity index (χ1n) is 11.1. The normalized spacial score (nSPS) is 58.7. The number of carbonyl (C=O) groups excluding carboxylic acids is 1. The van der Waals surface area contributed by atoms with Crippen LogP contribution >= 0.6 is 0 Å². The Morgan fingerprint density at radius 2 is 1.83 bits per heavy atom. The molecule has 3 heterocycles. The van der Waals surface area contributed by atoms with E-state index in [0.717, 1.165) is 19.3 Å². The number of fused-ring (bicyclic) bond motifs is 1. The zero-order chi connectivity index (χ0) is 20.8. The first-order chi connectivity index (χ1) is 13.5. The molecular formula is C23H32O6. The highest BCUT2D eigenvalue weighted by Crippen LogP contribution is 2.79. The molecule has 6 nitrogen and oxygen atoms in total. The smallest absolute Gasteiger partial charge is 0.213 e. The molecule has 3 aliphatic heterocycles. The predicted octanol–water partition coefficient (Wildman–Crippen LogP) is 2.17. The maximum Gasteiger partial charge on any atom is 0.213 e. The number of ether oxygens (including phenoxy) is 3. The van der Waals surface area contributed by atoms with Crippen LogP contribution in [0.1, 0.15) is 53.4 Å². The van der Waals surface area contributed by atoms with Gasteiger partial charge >= 0.3 is 0 Å². The molecule has 0 amide bonds. The number of carbonyl (C=O) groups is 1. The Labute approximate surface area is 171 Å². The Hall–Kier alpha value is -0.790. The van der Waals surface area contributed by atoms with Gasteiger partial charge in [0.2, 0.25) is 5.79 Å². The molecule has 4 saturated carbocycles. The monoisotopic (exact) mass is 404 g/mol. The summed E-state index contributed by atoms with van der Waals surface area (Å²) in [5.41, 5.74) is -1.45. The van der Waals surface area contributed by atoms with Crippen LogP contribution in [0.3, 0.4) is 0 Å². The Morgan fingerprint density at radius 1 is 1.10 bits per heavy atom. The van der Waals surface area contributed by atoms with Crippen molar-refractivity contribution in [1.82, 2.24) is 0 Å². The van der Waals surface area contributed by atoms with Crippen LogP contribution in [0.5, 0.6) is 0 Å². The lowest BCUT2D eigenvalue weighted by atomic mass is 9.35. The second-order valence-electron chi connectivity index (χ2n) is 11.5. The molecule has 9 atom stereocenters. The van der Waals surface area contributed by atoms with Crippen molar-refractivity contribution >= 4 is 5.78 Å². The SMILES string of the molecule is C=C1C(=O)[C@@]23[C@@H]4OC(C)(C)OC25OC[C@@]2([C@H]([C@@H]5O)C(C)(C)CC[C@@H]2O)[C@@H]3CC[C@@H]14. The molecule has 3 spiro atoms. The molecule has 0 aromatic carbocycles. The van der Waals surface area contributed by atoms with Gasteiger partial charge in [-0.25, -0.2) is 0 Å². The van der Waals surface area contributed by atoms with Crippen LogP contribution in [0.2, 0.25) is 0 Å². The quantitative estimate of drug-likeness (QED) is 0.602. The van der Waals surface area contributed by atoms with Crippen LogP contribution < -0.4 is 0 Å². The van der Waals surface area contributed by atoms with Gasteiger partial charge in [0.15, 0.2) is 11.6 Å². The average molecular weight is 405 g/mol. The predicted molar refractivity (Wildman–Crippen MR) is 102 cm³/mol. The topological polar surface area (TPSA) is 85.2 Å². The molecule has 0 aromatic rings. The molecule has 4 aliphatic carbocycles. The van der Waals surface area contributed by atoms with Crippen molar-refractivity contribution < 1.29 is 29.2 Å². The molecule has 7 fully saturated rings. The number of ketones is 1. The van der Waals surface area contributed by atoms with Crippen molar-refractivity contribution in [3.63, 3.8) is 0 Å². The first-order valence-corrected chi connectivity index (χ1v) is 11.1. The Bertz CT molecular complexity index is 833. The first kappa shape index (κ1) is 18.9. The summed E-state index contributed by atoms with van der Waals surface area (Å²) in [6, 6.07) is 0. The van der Waals surface area contributed by atoms with E-state index in [2.05, 4.69) is 20.4 Å². The molecule has 3 saturated heterocycles. The number of aliphatic hydroxyl groups excluding tert-OH is 2. The Morgan fingerprint density at radius 3 is 2.55 bits per heavy atom. The molecule has 6 heteroatoms. The second-order valence-corrected chi connectivity index (χ2v) is 11.5. The summed E-state index contributed by atoms with van der Waals surface area (Å²) >= 11 is 0. The minimum Gasteiger partial charge on any atom is -0.392 e. The van der Waals surface area contributed by atoms with Gasteiger partial charge < -0.3 is 24.4 Å². The largest absolute Gasteiger partial charge is 0.392 e. The summed E-state index contributed by atoms with van der Waals surface area (Å²) in [6.07, 6.45) is 0.996. The van der Waals surface area contributed by atoms with Crippen molar-refractivity contribution in [3.05, 3.63) is 12.2 Å². The molecule has 4 bridgehead atoms. The fourth-order valence-electron chi connectivity index (χ4n) is 8.88. The summed E-state index contributed by atoms with van der Waals surface area (Å²) in [5.74, 6) is -2.99. The third-order valence-electron chi connectivity index (χ3n) is 9.62. The van der Waals surface area contributed by atoms with E-state index >= 15 is 0 Å². The Kier molecular flexibility index (Phi) is 3.26. The highest BCUT2D eigenvalue weighted by atomic mass is 16.8. The number of hydrogen-bond acceptors (Lipinski definition) is 6. The lowest BCUT2D eigenvalue weighted by Gasteiger charge is -2.77. The molecule has 29 heavy (non-hydrogen) atoms. The molecule has 0 aromatic heterocycles. The summed E-state index contributed by atoms with van der Waals surface area (Å²) in [5, 5.41) is 23.3. The van der Waals surface area contributed by atoms with E-state index < -0.39 is 40.7 Å². The van der Waals surface area contributed by atoms with Crippen molar-refractivity contribution in [2.75, 3.05) is 6.61 Å². The van der Waals surface area contributed by atoms with Crippen molar-refractivity contribution in [3.8, 4) is 0 Å². The second kappa shape index (κ2) is 4.99. The minimum atomic E-state index is -1.46. The van der Waals surface area contributed by atoms with Gasteiger partial charge in [0.05, 0.1) is 18.8 Å². The van der Waals surface area contributed by atoms with Gasteiger partial charge in [-0.05, 0) is 56.4 Å². The molecule has 2 N–H and O–H groups in total. The fraction of sp³-hybridized carbons (Fsp3) is 0.870. The van der Waals surface area contributed by atoms with E-state index in [9.17, 15) is 15.0 Å². The average Bonchev–Trinajstić information content (AvgIpc) is 2.75. The van der Waals surface area contributed by atoms with Crippen molar-refractivity contribution in [2.24, 2.45) is 34.0 Å². The summed E-state index contributed by atoms with van der Waals surface area (Å²) < 4.78 is 19.3. The summed E-state index contributed by atoms with van der Waals surface area (Å²) in [6.45, 7) is 12.4. The van der Waals surface area contributed by atoms with E-state index in [0.29, 0.717) is 18.6 Å². The minimum absolute atomic E-state index is 0.0855. The fourth-order valence-corrected chi connectivity index (χ4v) is 8.88. The Balaban J connectivity index is 1.68. The molecule has 160 valence electrons. The van der Waals surface area contributed by atoms with Crippen LogP contribution in [0.15, 0.2) is 12.2 Å². The number of hydrogen-bond donors (Lipinski definition) is 2. The van der Waals surface area contributed by atoms with Crippen LogP contribution in [0.25, 0.3) is 0 Å². The van der Waals surface area contributed by atoms with Gasteiger partial charge in [0, 0.05) is 17.3 Å². The van der Waals surface area contributed by atoms with Crippen LogP contribution in [0, 0.1) is 34.0 Å². The van der Waals surface area contributed by atoms with Crippen molar-refractivity contribution in [1.29, 1.82) is 0 Å². The highest BCUT2D eigenvalue weighted by molar-refractivity contribution is 6.05. The highest BCUT2D eigenvalue weighted by Gasteiger charge is 2.89. The van der Waals surface area contributed by atoms with Gasteiger partial charge in [-0.3, -0.25) is 4.79 Å². The van der Waals surface area contributed by atoms with E-state index in [1.165, 1.54) is 0 Å². The maximum absolute atomic E-state index is 13.9. The molecular weight excluding hydrogens is 372 g/mol. The molecule has 0 radical (unpaired) electrons. The van der Waals surface area contributed by atoms with Crippen molar-refractivity contribution in [2.45, 2.75) is 83.3 Å². The number of aliphatic hydroxyl groups is 2. The van der Waals surface area contributed by atoms with E-state index in [1.54, 1.807) is 0 Å². The number of Topliss-reactive ketones (excluding diaryl/α,β-unsaturated/α-hetero) is 1. The van der Waals surface area contributed by atoms with Crippen LogP contribution in [-0.2, 0) is 19.0 Å². The van der Waals surface area contributed by atoms with Crippen LogP contribution in [0.4, 0.5) is 0 Å². The van der Waals surface area contributed by atoms with Gasteiger partial charge in [-0.2, -0.15) is 0 Å². The maximum atomic E-state index is 13.9. The van der Waals surface area contributed by atoms with E-state index in [4.69, 9.17) is 14.2 Å². The molecule has 1 unspecified atom stereocenters. The lowest BCUT2D eigenvalue weighted by Crippen LogP contribution is -2.88. The third-order valence-corrected chi connectivity index (χ3v) is 9.62. The molecule has 7 aliphatic rings. The summed E-state index contributed by atoms with van der Waals surface area (Å²) in [4.78, 5) is 13.9. The van der Waals surface area contributed by atoms with Gasteiger partial charge in [-0.15, -0.1) is 0 Å². The van der Waals surface area contributed by atoms with E-state index in [1.807, 2.05) is 13.8 Å². The van der Waals surface area contributed by atoms with Gasteiger partial charge in [0.1, 0.15) is 11.5 Å². The zero-order valence-corrected chi connectivity index (χ0v) is 17.7. The van der Waals surface area contributed by atoms with Gasteiger partial charge in [0.25, 0.3) is 0 Å². The summed E-state index contributed by atoms with van der Waals surface area (Å²) in [7, 11) is 0. The number of rotatable bonds is 0. The standard InChI is InChI=1S/C23H32O6/c1-11-12-6-7-13-21-10-27-23(17(26)15(21)19(2,3)9-8-14(21)24)22(13,16(11)25)18(12)28-20(4,5)29-23/h12-15,17-18,24,26H,1,6-10H2,2-5H3/t12-,13-,14-,15+,17-,18+,21+,22-,23?/m0/s1. The lowest BCUT2D eigenvalue weighted by molar-refractivity contribution is -0.534.